The molecule has 2 heterocycles. The third kappa shape index (κ3) is 3.45. The van der Waals surface area contributed by atoms with Crippen LogP contribution in [0.1, 0.15) is 16.1 Å². The number of nitro groups is 1. The summed E-state index contributed by atoms with van der Waals surface area (Å²) in [4.78, 5) is 27.9. The van der Waals surface area contributed by atoms with Crippen molar-refractivity contribution in [3.63, 3.8) is 0 Å². The van der Waals surface area contributed by atoms with Gasteiger partial charge in [0.15, 0.2) is 5.76 Å². The van der Waals surface area contributed by atoms with Gasteiger partial charge in [-0.05, 0) is 49.4 Å². The number of carbonyl (C=O) groups is 1. The van der Waals surface area contributed by atoms with E-state index in [4.69, 9.17) is 16.0 Å². The van der Waals surface area contributed by atoms with Crippen LogP contribution in [0.5, 0.6) is 0 Å². The van der Waals surface area contributed by atoms with Gasteiger partial charge in [0.25, 0.3) is 11.6 Å². The maximum Gasteiger partial charge on any atom is 0.298 e. The Morgan fingerprint density at radius 2 is 1.78 bits per heavy atom. The molecule has 4 aromatic rings. The van der Waals surface area contributed by atoms with Gasteiger partial charge in [0.05, 0.1) is 16.3 Å². The first-order valence-electron chi connectivity index (χ1n) is 9.68. The number of hydrogen-bond donors (Lipinski definition) is 0. The minimum Gasteiger partial charge on any atom is -0.451 e. The Bertz CT molecular complexity index is 1400. The molecule has 1 aromatic heterocycles. The monoisotopic (exact) mass is 462 g/mol. The number of rotatable bonds is 3. The highest BCUT2D eigenvalue weighted by Gasteiger charge is 2.31. The molecule has 0 radical (unpaired) electrons. The number of aryl methyl sites for hydroxylation is 1. The van der Waals surface area contributed by atoms with Crippen molar-refractivity contribution in [2.24, 2.45) is 0 Å². The van der Waals surface area contributed by atoms with Gasteiger partial charge in [-0.3, -0.25) is 19.8 Å². The van der Waals surface area contributed by atoms with Gasteiger partial charge >= 0.3 is 0 Å². The lowest BCUT2D eigenvalue weighted by atomic mass is 10.1. The molecule has 1 aliphatic rings. The van der Waals surface area contributed by atoms with Crippen molar-refractivity contribution in [2.75, 3.05) is 4.90 Å². The molecule has 0 aliphatic carbocycles. The number of carbonyl (C=O) groups excluding carboxylic acids is 1. The van der Waals surface area contributed by atoms with Crippen LogP contribution in [-0.2, 0) is 0 Å². The first-order valence-corrected chi connectivity index (χ1v) is 10.9. The second-order valence-corrected chi connectivity index (χ2v) is 8.76. The van der Waals surface area contributed by atoms with Gasteiger partial charge in [0.2, 0.25) is 0 Å². The summed E-state index contributed by atoms with van der Waals surface area (Å²) in [5.41, 5.74) is 2.49. The molecule has 158 valence electrons. The van der Waals surface area contributed by atoms with E-state index in [0.29, 0.717) is 27.6 Å². The third-order valence-corrected chi connectivity index (χ3v) is 6.56. The van der Waals surface area contributed by atoms with E-state index in [2.05, 4.69) is 0 Å². The Morgan fingerprint density at radius 1 is 1.00 bits per heavy atom. The van der Waals surface area contributed by atoms with Gasteiger partial charge in [0, 0.05) is 32.0 Å². The van der Waals surface area contributed by atoms with Crippen molar-refractivity contribution >= 4 is 46.3 Å². The fourth-order valence-electron chi connectivity index (χ4n) is 3.62. The van der Waals surface area contributed by atoms with Gasteiger partial charge in [-0.2, -0.15) is 0 Å². The number of nitrogens with zero attached hydrogens (tertiary/aromatic N) is 2. The van der Waals surface area contributed by atoms with Crippen molar-refractivity contribution in [3.8, 4) is 11.3 Å². The molecule has 1 amide bonds. The number of fused-ring (bicyclic) bond motifs is 2. The SMILES string of the molecule is Cc1ccc(-c2ccc(C(=O)N3c4ccccc4Sc4ccc(Cl)cc43)o2)cc1[N+](=O)[O-]. The molecule has 5 rings (SSSR count). The second-order valence-electron chi connectivity index (χ2n) is 7.24. The standard InChI is InChI=1S/C24H15ClN2O4S/c1-14-6-7-15(12-18(14)27(29)30)20-9-10-21(31-20)24(28)26-17-4-2-3-5-22(17)32-23-11-8-16(25)13-19(23)26/h2-13H,1H3. The quantitative estimate of drug-likeness (QED) is 0.236. The maximum absolute atomic E-state index is 13.6. The van der Waals surface area contributed by atoms with E-state index < -0.39 is 4.92 Å². The lowest BCUT2D eigenvalue weighted by Gasteiger charge is -2.30. The number of benzene rings is 3. The van der Waals surface area contributed by atoms with Crippen LogP contribution in [0.15, 0.2) is 87.0 Å². The number of nitro benzene ring substituents is 1. The fourth-order valence-corrected chi connectivity index (χ4v) is 4.83. The highest BCUT2D eigenvalue weighted by atomic mass is 35.5. The topological polar surface area (TPSA) is 76.6 Å². The van der Waals surface area contributed by atoms with E-state index in [-0.39, 0.29) is 17.4 Å². The molecule has 0 fully saturated rings. The molecular formula is C24H15ClN2O4S. The van der Waals surface area contributed by atoms with E-state index in [1.54, 1.807) is 60.0 Å². The summed E-state index contributed by atoms with van der Waals surface area (Å²) < 4.78 is 5.87. The molecule has 0 spiro atoms. The van der Waals surface area contributed by atoms with Crippen molar-refractivity contribution in [2.45, 2.75) is 16.7 Å². The van der Waals surface area contributed by atoms with Crippen LogP contribution in [0.3, 0.4) is 0 Å². The van der Waals surface area contributed by atoms with Crippen LogP contribution in [-0.4, -0.2) is 10.8 Å². The molecule has 0 bridgehead atoms. The number of para-hydroxylation sites is 1. The first kappa shape index (κ1) is 20.4. The number of anilines is 2. The van der Waals surface area contributed by atoms with Crippen LogP contribution in [0.25, 0.3) is 11.3 Å². The second kappa shape index (κ2) is 7.85. The highest BCUT2D eigenvalue weighted by molar-refractivity contribution is 7.99. The van der Waals surface area contributed by atoms with Gasteiger partial charge in [-0.1, -0.05) is 47.6 Å². The van der Waals surface area contributed by atoms with Crippen LogP contribution in [0.4, 0.5) is 17.1 Å². The Morgan fingerprint density at radius 3 is 2.59 bits per heavy atom. The average molecular weight is 463 g/mol. The molecule has 0 N–H and O–H groups in total. The van der Waals surface area contributed by atoms with Crippen molar-refractivity contribution in [1.29, 1.82) is 0 Å². The van der Waals surface area contributed by atoms with Crippen molar-refractivity contribution in [3.05, 3.63) is 99.3 Å². The van der Waals surface area contributed by atoms with Gasteiger partial charge in [0.1, 0.15) is 5.76 Å². The predicted molar refractivity (Wildman–Crippen MR) is 124 cm³/mol. The van der Waals surface area contributed by atoms with Crippen LogP contribution in [0, 0.1) is 17.0 Å². The summed E-state index contributed by atoms with van der Waals surface area (Å²) in [7, 11) is 0. The highest BCUT2D eigenvalue weighted by Crippen LogP contribution is 2.49. The summed E-state index contributed by atoms with van der Waals surface area (Å²) in [6.45, 7) is 1.67. The van der Waals surface area contributed by atoms with Gasteiger partial charge < -0.3 is 4.42 Å². The van der Waals surface area contributed by atoms with Crippen LogP contribution in [0.2, 0.25) is 5.02 Å². The Kier molecular flexibility index (Phi) is 5.00. The van der Waals surface area contributed by atoms with E-state index in [1.807, 2.05) is 30.3 Å². The van der Waals surface area contributed by atoms with Gasteiger partial charge in [-0.15, -0.1) is 0 Å². The first-order chi connectivity index (χ1) is 15.4. The molecule has 8 heteroatoms. The molecule has 6 nitrogen and oxygen atoms in total. The molecule has 0 saturated carbocycles. The lowest BCUT2D eigenvalue weighted by molar-refractivity contribution is -0.385. The summed E-state index contributed by atoms with van der Waals surface area (Å²) >= 11 is 7.80. The summed E-state index contributed by atoms with van der Waals surface area (Å²) in [5.74, 6) is 0.146. The van der Waals surface area contributed by atoms with Crippen LogP contribution < -0.4 is 4.90 Å². The molecule has 1 aliphatic heterocycles. The molecule has 0 unspecified atom stereocenters. The minimum atomic E-state index is -0.434. The number of furan rings is 1. The third-order valence-electron chi connectivity index (χ3n) is 5.20. The summed E-state index contributed by atoms with van der Waals surface area (Å²) in [6, 6.07) is 21.1. The summed E-state index contributed by atoms with van der Waals surface area (Å²) in [5, 5.41) is 11.8. The Balaban J connectivity index is 1.57. The van der Waals surface area contributed by atoms with Crippen molar-refractivity contribution < 1.29 is 14.1 Å². The lowest BCUT2D eigenvalue weighted by Crippen LogP contribution is -2.28. The van der Waals surface area contributed by atoms with E-state index in [9.17, 15) is 14.9 Å². The number of halogens is 1. The normalized spacial score (nSPS) is 12.2. The van der Waals surface area contributed by atoms with E-state index >= 15 is 0 Å². The van der Waals surface area contributed by atoms with Crippen molar-refractivity contribution in [1.82, 2.24) is 0 Å². The predicted octanol–water partition coefficient (Wildman–Crippen LogP) is 7.26. The maximum atomic E-state index is 13.6. The average Bonchev–Trinajstić information content (AvgIpc) is 3.27. The minimum absolute atomic E-state index is 0.00247. The summed E-state index contributed by atoms with van der Waals surface area (Å²) in [6.07, 6.45) is 0. The Labute approximate surface area is 192 Å². The molecule has 0 saturated heterocycles. The van der Waals surface area contributed by atoms with E-state index in [0.717, 1.165) is 15.5 Å². The molecule has 0 atom stereocenters. The number of amides is 1. The van der Waals surface area contributed by atoms with Crippen LogP contribution >= 0.6 is 23.4 Å². The Hall–Kier alpha value is -3.55. The zero-order valence-corrected chi connectivity index (χ0v) is 18.3. The zero-order chi connectivity index (χ0) is 22.4. The molecule has 32 heavy (non-hydrogen) atoms. The smallest absolute Gasteiger partial charge is 0.298 e. The number of hydrogen-bond acceptors (Lipinski definition) is 5. The van der Waals surface area contributed by atoms with E-state index in [1.165, 1.54) is 6.07 Å². The zero-order valence-electron chi connectivity index (χ0n) is 16.7. The molecular weight excluding hydrogens is 448 g/mol. The fraction of sp³-hybridized carbons (Fsp3) is 0.0417. The molecule has 3 aromatic carbocycles. The van der Waals surface area contributed by atoms with Gasteiger partial charge in [-0.25, -0.2) is 0 Å². The largest absolute Gasteiger partial charge is 0.451 e.